The summed E-state index contributed by atoms with van der Waals surface area (Å²) in [5.41, 5.74) is 1.74. The number of aliphatic hydroxyl groups excluding tert-OH is 1. The second kappa shape index (κ2) is 10.7. The maximum absolute atomic E-state index is 9.15. The molecule has 1 heterocycles. The van der Waals surface area contributed by atoms with Gasteiger partial charge in [-0.25, -0.2) is 9.97 Å². The molecule has 5 heteroatoms. The number of benzene rings is 1. The van der Waals surface area contributed by atoms with Gasteiger partial charge in [-0.15, -0.1) is 0 Å². The van der Waals surface area contributed by atoms with E-state index in [9.17, 15) is 0 Å². The lowest BCUT2D eigenvalue weighted by Gasteiger charge is -2.10. The monoisotopic (exact) mass is 317 g/mol. The van der Waals surface area contributed by atoms with E-state index in [1.54, 1.807) is 12.4 Å². The Morgan fingerprint density at radius 2 is 1.83 bits per heavy atom. The molecule has 2 aromatic rings. The Labute approximate surface area is 139 Å². The van der Waals surface area contributed by atoms with Crippen molar-refractivity contribution >= 4 is 0 Å². The molecule has 0 fully saturated rings. The molecular weight excluding hydrogens is 290 g/mol. The smallest absolute Gasteiger partial charge is 0.159 e. The highest BCUT2D eigenvalue weighted by atomic mass is 16.5. The molecule has 2 rings (SSSR count). The fraction of sp³-hybridized carbons (Fsp3) is 0.444. The Bertz CT molecular complexity index is 556. The summed E-state index contributed by atoms with van der Waals surface area (Å²) in [6, 6.07) is 7.56. The molecule has 0 amide bonds. The minimum absolute atomic E-state index is 0.0148. The molecule has 0 aliphatic rings. The number of hydrogen-bond donors (Lipinski definition) is 1. The van der Waals surface area contributed by atoms with E-state index < -0.39 is 0 Å². The number of nitrogens with zero attached hydrogens (tertiary/aromatic N) is 3. The van der Waals surface area contributed by atoms with Gasteiger partial charge in [0, 0.05) is 12.1 Å². The Kier molecular flexibility index (Phi) is 8.87. The van der Waals surface area contributed by atoms with E-state index in [1.807, 2.05) is 52.2 Å². The molecule has 0 radical (unpaired) electrons. The zero-order chi connectivity index (χ0) is 17.1. The van der Waals surface area contributed by atoms with Crippen molar-refractivity contribution in [3.8, 4) is 17.1 Å². The molecule has 0 aliphatic heterocycles. The van der Waals surface area contributed by atoms with Crippen molar-refractivity contribution in [1.82, 2.24) is 14.9 Å². The third-order valence-electron chi connectivity index (χ3n) is 3.01. The lowest BCUT2D eigenvalue weighted by atomic mass is 10.1. The first-order chi connectivity index (χ1) is 11.2. The first kappa shape index (κ1) is 19.1. The van der Waals surface area contributed by atoms with Gasteiger partial charge in [0.1, 0.15) is 0 Å². The van der Waals surface area contributed by atoms with Crippen LogP contribution < -0.4 is 4.74 Å². The topological polar surface area (TPSA) is 58.5 Å². The highest BCUT2D eigenvalue weighted by Gasteiger charge is 2.03. The van der Waals surface area contributed by atoms with E-state index in [2.05, 4.69) is 14.9 Å². The molecule has 0 atom stereocenters. The van der Waals surface area contributed by atoms with Crippen LogP contribution in [0.4, 0.5) is 0 Å². The number of aliphatic hydroxyl groups is 1. The van der Waals surface area contributed by atoms with Crippen LogP contribution in [0.15, 0.2) is 36.7 Å². The largest absolute Gasteiger partial charge is 0.490 e. The van der Waals surface area contributed by atoms with Gasteiger partial charge in [-0.2, -0.15) is 0 Å². The van der Waals surface area contributed by atoms with Crippen LogP contribution in [0.2, 0.25) is 0 Å². The van der Waals surface area contributed by atoms with Crippen LogP contribution in [-0.4, -0.2) is 47.2 Å². The summed E-state index contributed by atoms with van der Waals surface area (Å²) < 4.78 is 5.60. The first-order valence-corrected chi connectivity index (χ1v) is 7.99. The van der Waals surface area contributed by atoms with Crippen LogP contribution in [0.5, 0.6) is 5.75 Å². The Balaban J connectivity index is 0.00000127. The van der Waals surface area contributed by atoms with E-state index >= 15 is 0 Å². The number of rotatable bonds is 7. The third kappa shape index (κ3) is 6.76. The van der Waals surface area contributed by atoms with Gasteiger partial charge in [0.05, 0.1) is 25.6 Å². The molecule has 0 unspecified atom stereocenters. The molecule has 23 heavy (non-hydrogen) atoms. The maximum atomic E-state index is 9.15. The predicted octanol–water partition coefficient (Wildman–Crippen LogP) is 2.99. The molecular formula is C18H27N3O2. The van der Waals surface area contributed by atoms with Gasteiger partial charge in [0.15, 0.2) is 11.6 Å². The summed E-state index contributed by atoms with van der Waals surface area (Å²) in [5.74, 6) is 1.31. The fourth-order valence-corrected chi connectivity index (χ4v) is 1.92. The van der Waals surface area contributed by atoms with Crippen LogP contribution in [0, 0.1) is 0 Å². The van der Waals surface area contributed by atoms with Gasteiger partial charge >= 0.3 is 0 Å². The average Bonchev–Trinajstić information content (AvgIpc) is 2.61. The highest BCUT2D eigenvalue weighted by Crippen LogP contribution is 2.18. The molecule has 0 aliphatic carbocycles. The number of ether oxygens (including phenoxy) is 1. The van der Waals surface area contributed by atoms with Crippen LogP contribution in [0.3, 0.4) is 0 Å². The van der Waals surface area contributed by atoms with Gasteiger partial charge in [0.2, 0.25) is 0 Å². The Morgan fingerprint density at radius 1 is 1.13 bits per heavy atom. The standard InChI is InChI=1S/C16H21N3O2.C2H6/c1-19(2)7-4-8-21-15-10-17-16(18-11-15)14-6-3-5-13(9-14)12-20;1-2/h3,5-6,9-11,20H,4,7-8,12H2,1-2H3;1-2H3. The summed E-state index contributed by atoms with van der Waals surface area (Å²) in [7, 11) is 4.08. The maximum Gasteiger partial charge on any atom is 0.159 e. The number of hydrogen-bond acceptors (Lipinski definition) is 5. The molecule has 5 nitrogen and oxygen atoms in total. The van der Waals surface area contributed by atoms with Crippen LogP contribution >= 0.6 is 0 Å². The van der Waals surface area contributed by atoms with E-state index in [0.29, 0.717) is 18.2 Å². The van der Waals surface area contributed by atoms with E-state index in [4.69, 9.17) is 9.84 Å². The quantitative estimate of drug-likeness (QED) is 0.796. The molecule has 1 N–H and O–H groups in total. The van der Waals surface area contributed by atoms with E-state index in [0.717, 1.165) is 24.1 Å². The SMILES string of the molecule is CC.CN(C)CCCOc1cnc(-c2cccc(CO)c2)nc1. The summed E-state index contributed by atoms with van der Waals surface area (Å²) in [4.78, 5) is 10.7. The second-order valence-electron chi connectivity index (χ2n) is 5.11. The van der Waals surface area contributed by atoms with Gasteiger partial charge in [-0.05, 0) is 32.1 Å². The second-order valence-corrected chi connectivity index (χ2v) is 5.11. The highest BCUT2D eigenvalue weighted by molar-refractivity contribution is 5.55. The van der Waals surface area contributed by atoms with Crippen molar-refractivity contribution in [1.29, 1.82) is 0 Å². The fourth-order valence-electron chi connectivity index (χ4n) is 1.92. The molecule has 0 saturated heterocycles. The third-order valence-corrected chi connectivity index (χ3v) is 3.01. The Morgan fingerprint density at radius 3 is 2.43 bits per heavy atom. The summed E-state index contributed by atoms with van der Waals surface area (Å²) in [6.45, 7) is 5.66. The van der Waals surface area contributed by atoms with Crippen molar-refractivity contribution in [2.75, 3.05) is 27.2 Å². The van der Waals surface area contributed by atoms with Gasteiger partial charge in [0.25, 0.3) is 0 Å². The van der Waals surface area contributed by atoms with Gasteiger partial charge in [-0.3, -0.25) is 0 Å². The first-order valence-electron chi connectivity index (χ1n) is 7.99. The van der Waals surface area contributed by atoms with E-state index in [1.165, 1.54) is 0 Å². The van der Waals surface area contributed by atoms with E-state index in [-0.39, 0.29) is 6.61 Å². The van der Waals surface area contributed by atoms with Crippen molar-refractivity contribution in [2.45, 2.75) is 26.9 Å². The summed E-state index contributed by atoms with van der Waals surface area (Å²) in [5, 5.41) is 9.15. The van der Waals surface area contributed by atoms with Crippen LogP contribution in [0.25, 0.3) is 11.4 Å². The van der Waals surface area contributed by atoms with Crippen LogP contribution in [-0.2, 0) is 6.61 Å². The normalized spacial score (nSPS) is 10.2. The lowest BCUT2D eigenvalue weighted by molar-refractivity contribution is 0.280. The minimum atomic E-state index is 0.0148. The molecule has 126 valence electrons. The van der Waals surface area contributed by atoms with Crippen LogP contribution in [0.1, 0.15) is 25.8 Å². The van der Waals surface area contributed by atoms with Crippen molar-refractivity contribution < 1.29 is 9.84 Å². The molecule has 0 saturated carbocycles. The van der Waals surface area contributed by atoms with Crippen molar-refractivity contribution in [3.63, 3.8) is 0 Å². The molecule has 1 aromatic heterocycles. The summed E-state index contributed by atoms with van der Waals surface area (Å²) >= 11 is 0. The number of aromatic nitrogens is 2. The average molecular weight is 317 g/mol. The zero-order valence-electron chi connectivity index (χ0n) is 14.5. The van der Waals surface area contributed by atoms with Gasteiger partial charge in [-0.1, -0.05) is 32.0 Å². The Hall–Kier alpha value is -1.98. The summed E-state index contributed by atoms with van der Waals surface area (Å²) in [6.07, 6.45) is 4.33. The predicted molar refractivity (Wildman–Crippen MR) is 93.4 cm³/mol. The van der Waals surface area contributed by atoms with Gasteiger partial charge < -0.3 is 14.7 Å². The molecule has 0 spiro atoms. The van der Waals surface area contributed by atoms with Crippen molar-refractivity contribution in [3.05, 3.63) is 42.2 Å². The zero-order valence-corrected chi connectivity index (χ0v) is 14.5. The molecule has 1 aromatic carbocycles. The lowest BCUT2D eigenvalue weighted by Crippen LogP contribution is -2.15. The molecule has 0 bridgehead atoms. The minimum Gasteiger partial charge on any atom is -0.490 e. The van der Waals surface area contributed by atoms with Crippen molar-refractivity contribution in [2.24, 2.45) is 0 Å².